The molecule has 0 aliphatic rings. The molecule has 0 aliphatic carbocycles. The summed E-state index contributed by atoms with van der Waals surface area (Å²) in [5.74, 6) is 1.55. The van der Waals surface area contributed by atoms with Crippen LogP contribution < -0.4 is 0 Å². The molecule has 0 nitrogen and oxygen atoms in total. The van der Waals surface area contributed by atoms with Crippen LogP contribution in [-0.2, 0) is 17.0 Å². The van der Waals surface area contributed by atoms with Crippen molar-refractivity contribution in [3.8, 4) is 0 Å². The van der Waals surface area contributed by atoms with E-state index in [0.717, 1.165) is 51.5 Å². The van der Waals surface area contributed by atoms with Gasteiger partial charge in [-0.15, -0.1) is 0 Å². The second kappa shape index (κ2) is 14.2. The van der Waals surface area contributed by atoms with E-state index in [9.17, 15) is 0 Å². The van der Waals surface area contributed by atoms with Gasteiger partial charge in [-0.2, -0.15) is 0 Å². The van der Waals surface area contributed by atoms with Crippen LogP contribution in [0.5, 0.6) is 0 Å². The normalized spacial score (nSPS) is 15.7. The molecular weight excluding hydrogens is 481 g/mol. The Labute approximate surface area is 194 Å². The zero-order chi connectivity index (χ0) is 22.8. The summed E-state index contributed by atoms with van der Waals surface area (Å²) in [4.78, 5) is 0. The van der Waals surface area contributed by atoms with E-state index < -0.39 is 10.9 Å². The van der Waals surface area contributed by atoms with Gasteiger partial charge in [0.1, 0.15) is 0 Å². The minimum atomic E-state index is -1.37. The van der Waals surface area contributed by atoms with Crippen LogP contribution in [-0.4, -0.2) is 35.0 Å². The molecule has 0 radical (unpaired) electrons. The topological polar surface area (TPSA) is 0 Å². The van der Waals surface area contributed by atoms with Gasteiger partial charge >= 0.3 is 195 Å². The van der Waals surface area contributed by atoms with Crippen LogP contribution in [0.25, 0.3) is 0 Å². The number of hydrogen-bond donors (Lipinski definition) is 0. The van der Waals surface area contributed by atoms with Gasteiger partial charge in [0.15, 0.2) is 0 Å². The molecular formula is C26H56P2Pd. The summed E-state index contributed by atoms with van der Waals surface area (Å²) in [6.45, 7) is 29.9. The molecule has 0 saturated carbocycles. The van der Waals surface area contributed by atoms with Crippen LogP contribution in [0.2, 0.25) is 0 Å². The van der Waals surface area contributed by atoms with E-state index in [1.807, 2.05) is 0 Å². The van der Waals surface area contributed by atoms with Crippen LogP contribution in [0.1, 0.15) is 95.9 Å². The fourth-order valence-electron chi connectivity index (χ4n) is 4.23. The third-order valence-corrected chi connectivity index (χ3v) is 43.5. The molecule has 0 fully saturated rings. The summed E-state index contributed by atoms with van der Waals surface area (Å²) in [6.07, 6.45) is 15.5. The summed E-state index contributed by atoms with van der Waals surface area (Å²) in [7, 11) is 0. The van der Waals surface area contributed by atoms with Gasteiger partial charge in [0, 0.05) is 0 Å². The Morgan fingerprint density at radius 3 is 0.966 bits per heavy atom. The molecule has 0 atom stereocenters. The quantitative estimate of drug-likeness (QED) is 0.118. The Morgan fingerprint density at radius 1 is 0.483 bits per heavy atom. The predicted octanol–water partition coefficient (Wildman–Crippen LogP) is 9.24. The molecule has 0 heterocycles. The van der Waals surface area contributed by atoms with Gasteiger partial charge in [-0.05, 0) is 0 Å². The Morgan fingerprint density at radius 2 is 0.759 bits per heavy atom. The van der Waals surface area contributed by atoms with Crippen LogP contribution >= 0.6 is 10.9 Å². The third-order valence-electron chi connectivity index (χ3n) is 6.38. The molecule has 0 rings (SSSR count). The Hall–Kier alpha value is 1.00. The van der Waals surface area contributed by atoms with Crippen LogP contribution in [0, 0.1) is 11.8 Å². The zero-order valence-electron chi connectivity index (χ0n) is 21.9. The molecule has 3 heteroatoms. The van der Waals surface area contributed by atoms with E-state index >= 15 is 0 Å². The number of rotatable bonds is 14. The van der Waals surface area contributed by atoms with Gasteiger partial charge in [0.05, 0.1) is 0 Å². The first-order valence-electron chi connectivity index (χ1n) is 12.2. The molecule has 29 heavy (non-hydrogen) atoms. The van der Waals surface area contributed by atoms with Gasteiger partial charge in [-0.25, -0.2) is 0 Å². The van der Waals surface area contributed by atoms with Crippen LogP contribution in [0.3, 0.4) is 0 Å². The van der Waals surface area contributed by atoms with E-state index in [1.165, 1.54) is 25.2 Å². The standard InChI is InChI=1S/2C13H27P.Pd/c2*1-11(2)9-7-8-10-14(12(3)4)13(5)6;/h2*7-8,11-13H,9-10H2,1-6H3;/q;;-2/p+2. The van der Waals surface area contributed by atoms with Crippen molar-refractivity contribution in [3.05, 3.63) is 24.3 Å². The summed E-state index contributed by atoms with van der Waals surface area (Å²) in [5, 5.41) is 0. The molecule has 0 amide bonds. The van der Waals surface area contributed by atoms with E-state index in [1.54, 1.807) is 0 Å². The monoisotopic (exact) mass is 536 g/mol. The minimum absolute atomic E-state index is 0.774. The van der Waals surface area contributed by atoms with E-state index in [4.69, 9.17) is 0 Å². The average molecular weight is 537 g/mol. The first-order valence-corrected chi connectivity index (χ1v) is 21.2. The van der Waals surface area contributed by atoms with Crippen molar-refractivity contribution in [1.29, 1.82) is 0 Å². The molecule has 180 valence electrons. The second-order valence-electron chi connectivity index (χ2n) is 11.0. The van der Waals surface area contributed by atoms with E-state index in [-0.39, 0.29) is 0 Å². The molecule has 0 aromatic carbocycles. The Balaban J connectivity index is 5.96. The van der Waals surface area contributed by atoms with Crippen molar-refractivity contribution < 1.29 is 17.0 Å². The summed E-state index contributed by atoms with van der Waals surface area (Å²) < 4.78 is 0. The maximum atomic E-state index is 2.61. The van der Waals surface area contributed by atoms with Crippen molar-refractivity contribution in [2.24, 2.45) is 11.8 Å². The van der Waals surface area contributed by atoms with Crippen molar-refractivity contribution >= 4 is 10.9 Å². The molecule has 0 unspecified atom stereocenters. The molecule has 0 aromatic rings. The third kappa shape index (κ3) is 9.57. The number of hydrogen-bond acceptors (Lipinski definition) is 0. The summed E-state index contributed by atoms with van der Waals surface area (Å²) in [6, 6.07) is 0. The van der Waals surface area contributed by atoms with Crippen molar-refractivity contribution in [1.82, 2.24) is 0 Å². The average Bonchev–Trinajstić information content (AvgIpc) is 2.58. The van der Waals surface area contributed by atoms with E-state index in [2.05, 4.69) is 107 Å². The van der Waals surface area contributed by atoms with Gasteiger partial charge in [0.2, 0.25) is 0 Å². The van der Waals surface area contributed by atoms with Gasteiger partial charge in [0.25, 0.3) is 0 Å². The van der Waals surface area contributed by atoms with E-state index in [0.29, 0.717) is 0 Å². The fraction of sp³-hybridized carbons (Fsp3) is 0.846. The van der Waals surface area contributed by atoms with Crippen LogP contribution in [0.4, 0.5) is 0 Å². The molecule has 0 spiro atoms. The maximum absolute atomic E-state index is 2.61. The van der Waals surface area contributed by atoms with Crippen molar-refractivity contribution in [2.45, 2.75) is 119 Å². The molecule has 0 saturated heterocycles. The molecule has 0 aliphatic heterocycles. The summed E-state index contributed by atoms with van der Waals surface area (Å²) in [5.41, 5.74) is 0.767. The second-order valence-corrected chi connectivity index (χ2v) is 32.8. The van der Waals surface area contributed by atoms with Crippen molar-refractivity contribution in [2.75, 3.05) is 12.3 Å². The molecule has 0 bridgehead atoms. The predicted molar refractivity (Wildman–Crippen MR) is 144 cm³/mol. The fourth-order valence-corrected chi connectivity index (χ4v) is 47.7. The van der Waals surface area contributed by atoms with Gasteiger partial charge < -0.3 is 0 Å². The van der Waals surface area contributed by atoms with Gasteiger partial charge in [-0.3, -0.25) is 0 Å². The number of allylic oxidation sites excluding steroid dienone is 4. The first-order chi connectivity index (χ1) is 13.3. The molecule has 0 N–H and O–H groups in total. The van der Waals surface area contributed by atoms with Gasteiger partial charge in [-0.1, -0.05) is 0 Å². The first kappa shape index (κ1) is 30.0. The Kier molecular flexibility index (Phi) is 14.7. The summed E-state index contributed by atoms with van der Waals surface area (Å²) >= 11 is 0.994. The SMILES string of the molecule is CC(C)CC=CC[PH]([Pd][PH](CC=CCC(C)C)(C(C)C)C(C)C)(C(C)C)C(C)C. The Bertz CT molecular complexity index is 427. The molecule has 0 aromatic heterocycles. The van der Waals surface area contributed by atoms with Crippen LogP contribution in [0.15, 0.2) is 24.3 Å². The zero-order valence-corrected chi connectivity index (χ0v) is 25.5. The van der Waals surface area contributed by atoms with Crippen molar-refractivity contribution in [3.63, 3.8) is 0 Å².